The number of ether oxygens (including phenoxy) is 1. The molecule has 6 heteroatoms. The molecule has 0 spiro atoms. The van der Waals surface area contributed by atoms with E-state index in [4.69, 9.17) is 4.74 Å². The zero-order valence-electron chi connectivity index (χ0n) is 12.1. The minimum absolute atomic E-state index is 0.819. The van der Waals surface area contributed by atoms with Gasteiger partial charge in [0.25, 0.3) is 0 Å². The molecule has 0 unspecified atom stereocenters. The van der Waals surface area contributed by atoms with E-state index < -0.39 is 0 Å². The first-order valence-electron chi connectivity index (χ1n) is 6.53. The van der Waals surface area contributed by atoms with E-state index in [0.717, 1.165) is 33.5 Å². The fourth-order valence-electron chi connectivity index (χ4n) is 2.13. The molecule has 0 fully saturated rings. The molecule has 0 atom stereocenters. The zero-order valence-corrected chi connectivity index (χ0v) is 12.9. The van der Waals surface area contributed by atoms with Crippen molar-refractivity contribution in [3.05, 3.63) is 41.5 Å². The second-order valence-electron chi connectivity index (χ2n) is 4.70. The standard InChI is InChI=1S/C15H16N4OS/c1-10-13(8-19(2)18-10)14-9-21-15(17-14)16-11-5-4-6-12(7-11)20-3/h4-9H,1-3H3,(H,16,17). The van der Waals surface area contributed by atoms with Gasteiger partial charge in [0.1, 0.15) is 5.75 Å². The number of hydrogen-bond donors (Lipinski definition) is 1. The van der Waals surface area contributed by atoms with E-state index in [1.807, 2.05) is 49.8 Å². The van der Waals surface area contributed by atoms with Crippen molar-refractivity contribution in [3.8, 4) is 17.0 Å². The lowest BCUT2D eigenvalue weighted by Crippen LogP contribution is -1.91. The van der Waals surface area contributed by atoms with Gasteiger partial charge >= 0.3 is 0 Å². The number of hydrogen-bond acceptors (Lipinski definition) is 5. The molecule has 0 aliphatic rings. The Kier molecular flexibility index (Phi) is 3.62. The van der Waals surface area contributed by atoms with Gasteiger partial charge in [-0.25, -0.2) is 4.98 Å². The summed E-state index contributed by atoms with van der Waals surface area (Å²) in [6, 6.07) is 7.79. The maximum Gasteiger partial charge on any atom is 0.187 e. The molecule has 1 N–H and O–H groups in total. The number of thiazole rings is 1. The predicted molar refractivity (Wildman–Crippen MR) is 85.3 cm³/mol. The summed E-state index contributed by atoms with van der Waals surface area (Å²) in [5.74, 6) is 0.819. The first-order chi connectivity index (χ1) is 10.2. The first kappa shape index (κ1) is 13.6. The summed E-state index contributed by atoms with van der Waals surface area (Å²) in [7, 11) is 3.57. The smallest absolute Gasteiger partial charge is 0.187 e. The van der Waals surface area contributed by atoms with Crippen molar-refractivity contribution in [2.24, 2.45) is 7.05 Å². The molecule has 1 aromatic carbocycles. The maximum atomic E-state index is 5.22. The average Bonchev–Trinajstić information content (AvgIpc) is 3.05. The van der Waals surface area contributed by atoms with Crippen LogP contribution < -0.4 is 10.1 Å². The first-order valence-corrected chi connectivity index (χ1v) is 7.41. The lowest BCUT2D eigenvalue weighted by atomic mass is 10.2. The minimum Gasteiger partial charge on any atom is -0.497 e. The van der Waals surface area contributed by atoms with Gasteiger partial charge in [0, 0.05) is 35.9 Å². The molecular formula is C15H16N4OS. The van der Waals surface area contributed by atoms with Gasteiger partial charge in [-0.3, -0.25) is 4.68 Å². The molecule has 108 valence electrons. The molecule has 0 aliphatic heterocycles. The molecule has 0 bridgehead atoms. The topological polar surface area (TPSA) is 52.0 Å². The van der Waals surface area contributed by atoms with Crippen molar-refractivity contribution < 1.29 is 4.74 Å². The average molecular weight is 300 g/mol. The highest BCUT2D eigenvalue weighted by Gasteiger charge is 2.10. The van der Waals surface area contributed by atoms with Gasteiger partial charge in [0.2, 0.25) is 0 Å². The Labute approximate surface area is 127 Å². The van der Waals surface area contributed by atoms with Crippen LogP contribution in [0.3, 0.4) is 0 Å². The summed E-state index contributed by atoms with van der Waals surface area (Å²) in [5, 5.41) is 10.5. The Morgan fingerprint density at radius 2 is 2.19 bits per heavy atom. The Morgan fingerprint density at radius 3 is 2.90 bits per heavy atom. The second kappa shape index (κ2) is 5.57. The largest absolute Gasteiger partial charge is 0.497 e. The van der Waals surface area contributed by atoms with E-state index in [-0.39, 0.29) is 0 Å². The third-order valence-corrected chi connectivity index (χ3v) is 3.87. The zero-order chi connectivity index (χ0) is 14.8. The van der Waals surface area contributed by atoms with Crippen LogP contribution in [0.25, 0.3) is 11.3 Å². The van der Waals surface area contributed by atoms with Crippen LogP contribution in [-0.2, 0) is 7.05 Å². The Bertz CT molecular complexity index is 763. The highest BCUT2D eigenvalue weighted by molar-refractivity contribution is 7.14. The summed E-state index contributed by atoms with van der Waals surface area (Å²) in [6.07, 6.45) is 1.99. The summed E-state index contributed by atoms with van der Waals surface area (Å²) in [6.45, 7) is 1.99. The van der Waals surface area contributed by atoms with E-state index in [2.05, 4.69) is 15.4 Å². The lowest BCUT2D eigenvalue weighted by Gasteiger charge is -2.04. The second-order valence-corrected chi connectivity index (χ2v) is 5.55. The molecule has 3 rings (SSSR count). The van der Waals surface area contributed by atoms with Crippen LogP contribution >= 0.6 is 11.3 Å². The monoisotopic (exact) mass is 300 g/mol. The summed E-state index contributed by atoms with van der Waals surface area (Å²) < 4.78 is 7.02. The van der Waals surface area contributed by atoms with Gasteiger partial charge in [0.15, 0.2) is 5.13 Å². The van der Waals surface area contributed by atoms with Gasteiger partial charge < -0.3 is 10.1 Å². The molecule has 0 saturated heterocycles. The molecule has 0 amide bonds. The third-order valence-electron chi connectivity index (χ3n) is 3.11. The number of rotatable bonds is 4. The molecule has 0 aliphatic carbocycles. The molecule has 0 radical (unpaired) electrons. The quantitative estimate of drug-likeness (QED) is 0.800. The van der Waals surface area contributed by atoms with E-state index in [1.165, 1.54) is 0 Å². The number of benzene rings is 1. The van der Waals surface area contributed by atoms with Crippen molar-refractivity contribution in [1.29, 1.82) is 0 Å². The summed E-state index contributed by atoms with van der Waals surface area (Å²) in [4.78, 5) is 4.62. The highest BCUT2D eigenvalue weighted by Crippen LogP contribution is 2.29. The van der Waals surface area contributed by atoms with Gasteiger partial charge in [-0.15, -0.1) is 11.3 Å². The van der Waals surface area contributed by atoms with Crippen molar-refractivity contribution in [3.63, 3.8) is 0 Å². The Morgan fingerprint density at radius 1 is 1.33 bits per heavy atom. The van der Waals surface area contributed by atoms with E-state index >= 15 is 0 Å². The van der Waals surface area contributed by atoms with Crippen molar-refractivity contribution >= 4 is 22.2 Å². The molecule has 3 aromatic rings. The van der Waals surface area contributed by atoms with Crippen LogP contribution in [0, 0.1) is 6.92 Å². The third kappa shape index (κ3) is 2.90. The number of methoxy groups -OCH3 is 1. The van der Waals surface area contributed by atoms with E-state index in [1.54, 1.807) is 23.1 Å². The lowest BCUT2D eigenvalue weighted by molar-refractivity contribution is 0.415. The molecule has 21 heavy (non-hydrogen) atoms. The van der Waals surface area contributed by atoms with Gasteiger partial charge in [-0.1, -0.05) is 6.07 Å². The summed E-state index contributed by atoms with van der Waals surface area (Å²) >= 11 is 1.57. The molecular weight excluding hydrogens is 284 g/mol. The fraction of sp³-hybridized carbons (Fsp3) is 0.200. The fourth-order valence-corrected chi connectivity index (χ4v) is 2.86. The molecule has 5 nitrogen and oxygen atoms in total. The summed E-state index contributed by atoms with van der Waals surface area (Å²) in [5.41, 5.74) is 3.94. The van der Waals surface area contributed by atoms with Crippen molar-refractivity contribution in [2.45, 2.75) is 6.92 Å². The normalized spacial score (nSPS) is 10.6. The van der Waals surface area contributed by atoms with Crippen LogP contribution in [0.2, 0.25) is 0 Å². The van der Waals surface area contributed by atoms with Gasteiger partial charge in [-0.05, 0) is 19.1 Å². The highest BCUT2D eigenvalue weighted by atomic mass is 32.1. The number of nitrogens with one attached hydrogen (secondary N) is 1. The molecule has 0 saturated carbocycles. The van der Waals surface area contributed by atoms with Gasteiger partial charge in [0.05, 0.1) is 18.5 Å². The van der Waals surface area contributed by atoms with E-state index in [9.17, 15) is 0 Å². The molecule has 2 heterocycles. The Hall–Kier alpha value is -2.34. The number of aryl methyl sites for hydroxylation is 2. The van der Waals surface area contributed by atoms with Crippen LogP contribution in [-0.4, -0.2) is 21.9 Å². The van der Waals surface area contributed by atoms with Crippen LogP contribution in [0.4, 0.5) is 10.8 Å². The van der Waals surface area contributed by atoms with Gasteiger partial charge in [-0.2, -0.15) is 5.10 Å². The SMILES string of the molecule is COc1cccc(Nc2nc(-c3cn(C)nc3C)cs2)c1. The maximum absolute atomic E-state index is 5.22. The van der Waals surface area contributed by atoms with Crippen LogP contribution in [0.5, 0.6) is 5.75 Å². The van der Waals surface area contributed by atoms with E-state index in [0.29, 0.717) is 0 Å². The van der Waals surface area contributed by atoms with Crippen LogP contribution in [0.1, 0.15) is 5.69 Å². The van der Waals surface area contributed by atoms with Crippen LogP contribution in [0.15, 0.2) is 35.8 Å². The number of anilines is 2. The number of nitrogens with zero attached hydrogens (tertiary/aromatic N) is 3. The minimum atomic E-state index is 0.819. The number of aromatic nitrogens is 3. The van der Waals surface area contributed by atoms with Crippen molar-refractivity contribution in [2.75, 3.05) is 12.4 Å². The predicted octanol–water partition coefficient (Wildman–Crippen LogP) is 3.60. The molecule has 2 aromatic heterocycles. The Balaban J connectivity index is 1.83. The van der Waals surface area contributed by atoms with Crippen molar-refractivity contribution in [1.82, 2.24) is 14.8 Å².